The average Bonchev–Trinajstić information content (AvgIpc) is 3.23. The van der Waals surface area contributed by atoms with E-state index in [9.17, 15) is 61.7 Å². The second kappa shape index (κ2) is 18.4. The van der Waals surface area contributed by atoms with Gasteiger partial charge < -0.3 is 0 Å². The molecule has 0 radical (unpaired) electrons. The van der Waals surface area contributed by atoms with Gasteiger partial charge in [-0.3, -0.25) is 4.79 Å². The molecule has 3 nitrogen and oxygen atoms in total. The number of benzene rings is 6. The molecule has 0 aliphatic heterocycles. The molecule has 0 saturated heterocycles. The summed E-state index contributed by atoms with van der Waals surface area (Å²) in [7, 11) is -2.57. The summed E-state index contributed by atoms with van der Waals surface area (Å²) in [5.41, 5.74) is -2.60. The number of nitrogens with zero attached hydrogens (tertiary/aromatic N) is 1. The molecule has 1 atom stereocenters. The maximum atomic E-state index is 13.3. The number of alkyl halides is 12. The van der Waals surface area contributed by atoms with E-state index in [1.165, 1.54) is 6.26 Å². The van der Waals surface area contributed by atoms with Crippen molar-refractivity contribution in [2.24, 2.45) is 0 Å². The molecule has 1 unspecified atom stereocenters. The molecule has 0 heterocycles. The van der Waals surface area contributed by atoms with Gasteiger partial charge in [0.1, 0.15) is 12.4 Å². The Labute approximate surface area is 354 Å². The summed E-state index contributed by atoms with van der Waals surface area (Å²) in [6.07, 6.45) is -20.5. The molecule has 6 rings (SSSR count). The van der Waals surface area contributed by atoms with Gasteiger partial charge in [0, 0.05) is 11.1 Å². The van der Waals surface area contributed by atoms with Crippen molar-refractivity contribution >= 4 is 43.7 Å². The zero-order valence-electron chi connectivity index (χ0n) is 32.4. The number of hydrogen-bond donors (Lipinski definition) is 0. The van der Waals surface area contributed by atoms with Gasteiger partial charge in [0.25, 0.3) is 0 Å². The third kappa shape index (κ3) is 11.7. The van der Waals surface area contributed by atoms with E-state index in [0.29, 0.717) is 59.7 Å². The Morgan fingerprint density at radius 1 is 0.492 bits per heavy atom. The monoisotopic (exact) mass is 899 g/mol. The maximum absolute atomic E-state index is 13.3. The Hall–Kier alpha value is -6.59. The number of carbonyl (C=O) groups is 1. The van der Waals surface area contributed by atoms with Crippen molar-refractivity contribution in [2.75, 3.05) is 12.0 Å². The summed E-state index contributed by atoms with van der Waals surface area (Å²) < 4.78 is 172. The molecule has 0 spiro atoms. The van der Waals surface area contributed by atoms with Gasteiger partial charge in [-0.1, -0.05) is 119 Å². The van der Waals surface area contributed by atoms with E-state index in [-0.39, 0.29) is 33.4 Å². The first kappa shape index (κ1) is 47.5. The molecular formula is C46H30BF12NO2S. The lowest BCUT2D eigenvalue weighted by Gasteiger charge is -2.44. The van der Waals surface area contributed by atoms with E-state index in [4.69, 9.17) is 5.26 Å². The highest BCUT2D eigenvalue weighted by Gasteiger charge is 2.38. The Bertz CT molecular complexity index is 2440. The fourth-order valence-corrected chi connectivity index (χ4v) is 7.86. The van der Waals surface area contributed by atoms with Gasteiger partial charge in [0.2, 0.25) is 5.78 Å². The van der Waals surface area contributed by atoms with Crippen LogP contribution in [0.15, 0.2) is 152 Å². The molecule has 17 heteroatoms. The smallest absolute Gasteiger partial charge is 0.289 e. The van der Waals surface area contributed by atoms with Crippen molar-refractivity contribution in [3.8, 4) is 17.2 Å². The number of hydrogen-bond acceptors (Lipinski definition) is 3. The summed E-state index contributed by atoms with van der Waals surface area (Å²) >= 11 is 0. The van der Waals surface area contributed by atoms with Crippen molar-refractivity contribution < 1.29 is 61.7 Å². The van der Waals surface area contributed by atoms with Gasteiger partial charge in [-0.2, -0.15) is 79.8 Å². The first-order chi connectivity index (χ1) is 29.3. The highest BCUT2D eigenvalue weighted by Crippen LogP contribution is 2.32. The summed E-state index contributed by atoms with van der Waals surface area (Å²) in [4.78, 5) is 12.1. The fourth-order valence-electron chi connectivity index (χ4n) is 6.79. The number of rotatable bonds is 7. The van der Waals surface area contributed by atoms with Crippen molar-refractivity contribution in [3.63, 3.8) is 0 Å². The zero-order chi connectivity index (χ0) is 46.4. The van der Waals surface area contributed by atoms with Crippen LogP contribution in [0.3, 0.4) is 0 Å². The molecule has 324 valence electrons. The summed E-state index contributed by atoms with van der Waals surface area (Å²) in [5.74, 6) is 2.48. The molecule has 0 N–H and O–H groups in total. The van der Waals surface area contributed by atoms with Crippen LogP contribution in [0.5, 0.6) is 0 Å². The van der Waals surface area contributed by atoms with Gasteiger partial charge in [-0.25, -0.2) is 0 Å². The van der Waals surface area contributed by atoms with E-state index in [1.54, 1.807) is 24.3 Å². The van der Waals surface area contributed by atoms with Crippen LogP contribution in [-0.4, -0.2) is 23.9 Å². The molecule has 0 amide bonds. The highest BCUT2D eigenvalue weighted by atomic mass is 32.2. The second-order valence-corrected chi connectivity index (χ2v) is 16.7. The van der Waals surface area contributed by atoms with Gasteiger partial charge in [0.15, 0.2) is 20.9 Å². The van der Waals surface area contributed by atoms with E-state index >= 15 is 0 Å². The van der Waals surface area contributed by atoms with Crippen LogP contribution in [0.1, 0.15) is 43.7 Å². The topological polar surface area (TPSA) is 57.9 Å². The minimum Gasteiger partial charge on any atom is -0.289 e. The molecule has 0 aliphatic carbocycles. The van der Waals surface area contributed by atoms with Gasteiger partial charge in [-0.15, -0.1) is 0 Å². The van der Waals surface area contributed by atoms with Crippen molar-refractivity contribution in [3.05, 3.63) is 191 Å². The lowest BCUT2D eigenvalue weighted by molar-refractivity contribution is -0.138. The number of ketones is 1. The van der Waals surface area contributed by atoms with E-state index in [0.717, 1.165) is 54.1 Å². The zero-order valence-corrected chi connectivity index (χ0v) is 33.2. The van der Waals surface area contributed by atoms with Crippen LogP contribution < -0.4 is 21.9 Å². The quantitative estimate of drug-likeness (QED) is 0.0528. The van der Waals surface area contributed by atoms with E-state index < -0.39 is 63.0 Å². The first-order valence-corrected chi connectivity index (χ1v) is 20.4. The van der Waals surface area contributed by atoms with Gasteiger partial charge in [0.05, 0.1) is 33.9 Å². The fraction of sp³-hybridized carbons (Fsp3) is 0.130. The molecule has 0 aromatic heterocycles. The van der Waals surface area contributed by atoms with Crippen LogP contribution in [0.4, 0.5) is 52.7 Å². The molecule has 0 fully saturated rings. The number of Topliss-reactive ketones (excluding diaryl/α,β-unsaturated/α-hetero) is 1. The van der Waals surface area contributed by atoms with E-state index in [1.807, 2.05) is 36.4 Å². The van der Waals surface area contributed by atoms with Crippen molar-refractivity contribution in [1.82, 2.24) is 0 Å². The Morgan fingerprint density at radius 2 is 0.810 bits per heavy atom. The van der Waals surface area contributed by atoms with Crippen molar-refractivity contribution in [1.29, 1.82) is 5.26 Å². The molecule has 63 heavy (non-hydrogen) atoms. The summed E-state index contributed by atoms with van der Waals surface area (Å²) in [5, 5.41) is 11.4. The molecule has 6 aromatic rings. The SMILES string of the molecule is C[S+](=O)(C#Cc1ccccc1)CC(=O)c1ccc(C#N)cc1.FC(F)(F)c1ccc([B-](c2ccc(C(F)(F)F)cc2)(c2ccc(C(F)(F)F)cc2)c2ccc(C(F)(F)F)cc2)cc1. The minimum atomic E-state index is -4.77. The van der Waals surface area contributed by atoms with Crippen LogP contribution in [0, 0.1) is 22.5 Å². The highest BCUT2D eigenvalue weighted by molar-refractivity contribution is 8.07. The average molecular weight is 900 g/mol. The second-order valence-electron chi connectivity index (χ2n) is 14.2. The number of carbonyl (C=O) groups excluding carboxylic acids is 1. The van der Waals surface area contributed by atoms with Crippen LogP contribution in [0.25, 0.3) is 0 Å². The Balaban J connectivity index is 0.000000286. The molecule has 6 aromatic carbocycles. The Morgan fingerprint density at radius 3 is 1.10 bits per heavy atom. The predicted octanol–water partition coefficient (Wildman–Crippen LogP) is 10.0. The molecule has 0 saturated carbocycles. The standard InChI is InChI=1S/C28H16BF12.C18H14NO2S/c30-25(31,32)17-1-9-21(10-2-17)29(22-11-3-18(4-12-22)26(33,34)35,23-13-5-19(6-14-23)27(36,37)38)24-15-7-20(8-16-24)28(39,40)41;1-22(21,12-11-15-5-3-2-4-6-15)14-18(20)17-9-7-16(13-19)8-10-17/h1-16H;2-10H,14H2,1H3/q-1;+1. The molecular weight excluding hydrogens is 869 g/mol. The maximum Gasteiger partial charge on any atom is 0.416 e. The third-order valence-corrected chi connectivity index (χ3v) is 11.2. The lowest BCUT2D eigenvalue weighted by atomic mass is 9.13. The third-order valence-electron chi connectivity index (χ3n) is 9.88. The minimum absolute atomic E-state index is 0.0114. The van der Waals surface area contributed by atoms with Crippen LogP contribution in [-0.2, 0) is 38.8 Å². The molecule has 0 aliphatic rings. The van der Waals surface area contributed by atoms with Gasteiger partial charge in [-0.05, 0) is 42.3 Å². The number of nitriles is 1. The summed E-state index contributed by atoms with van der Waals surface area (Å²) in [6, 6.07) is 31.1. The first-order valence-electron chi connectivity index (χ1n) is 18.3. The largest absolute Gasteiger partial charge is 0.416 e. The lowest BCUT2D eigenvalue weighted by Crippen LogP contribution is -2.74. The Kier molecular flexibility index (Phi) is 13.9. The van der Waals surface area contributed by atoms with Crippen molar-refractivity contribution in [2.45, 2.75) is 24.7 Å². The molecule has 0 bridgehead atoms. The van der Waals surface area contributed by atoms with E-state index in [2.05, 4.69) is 11.2 Å². The summed E-state index contributed by atoms with van der Waals surface area (Å²) in [6.45, 7) is 0. The van der Waals surface area contributed by atoms with Crippen LogP contribution >= 0.6 is 0 Å². The normalized spacial score (nSPS) is 13.0. The van der Waals surface area contributed by atoms with Crippen LogP contribution in [0.2, 0.25) is 0 Å². The van der Waals surface area contributed by atoms with Gasteiger partial charge >= 0.3 is 24.7 Å². The predicted molar refractivity (Wildman–Crippen MR) is 218 cm³/mol. The number of halogens is 12.